The first-order valence-electron chi connectivity index (χ1n) is 6.08. The van der Waals surface area contributed by atoms with Gasteiger partial charge in [-0.1, -0.05) is 6.42 Å². The lowest BCUT2D eigenvalue weighted by atomic mass is 9.66. The number of aryl methyl sites for hydroxylation is 1. The molecule has 0 aromatic carbocycles. The third-order valence-electron chi connectivity index (χ3n) is 3.89. The first-order valence-corrected chi connectivity index (χ1v) is 6.08. The van der Waals surface area contributed by atoms with Gasteiger partial charge in [0.25, 0.3) is 0 Å². The van der Waals surface area contributed by atoms with E-state index >= 15 is 0 Å². The number of aromatic nitrogens is 2. The van der Waals surface area contributed by atoms with Crippen LogP contribution >= 0.6 is 0 Å². The summed E-state index contributed by atoms with van der Waals surface area (Å²) < 4.78 is 0. The van der Waals surface area contributed by atoms with Gasteiger partial charge in [0.1, 0.15) is 0 Å². The molecule has 1 saturated carbocycles. The van der Waals surface area contributed by atoms with Gasteiger partial charge in [0, 0.05) is 17.7 Å². The van der Waals surface area contributed by atoms with E-state index in [4.69, 9.17) is 5.73 Å². The maximum Gasteiger partial charge on any atom is 0.226 e. The van der Waals surface area contributed by atoms with Crippen LogP contribution in [0.15, 0.2) is 0 Å². The largest absolute Gasteiger partial charge is 0.330 e. The molecular formula is C12H20N4O. The zero-order chi connectivity index (χ0) is 12.5. The molecule has 1 aromatic rings. The van der Waals surface area contributed by atoms with Crippen LogP contribution in [0, 0.1) is 19.3 Å². The Labute approximate surface area is 101 Å². The third kappa shape index (κ3) is 2.34. The van der Waals surface area contributed by atoms with Crippen molar-refractivity contribution in [2.45, 2.75) is 39.5 Å². The Bertz CT molecular complexity index is 415. The molecule has 1 amide bonds. The summed E-state index contributed by atoms with van der Waals surface area (Å²) in [5.74, 6) is 0.656. The number of H-pyrrole nitrogens is 1. The molecule has 94 valence electrons. The Kier molecular flexibility index (Phi) is 3.19. The molecular weight excluding hydrogens is 216 g/mol. The van der Waals surface area contributed by atoms with Crippen LogP contribution < -0.4 is 11.1 Å². The number of nitrogens with zero attached hydrogens (tertiary/aromatic N) is 1. The molecule has 0 radical (unpaired) electrons. The molecule has 0 bridgehead atoms. The first kappa shape index (κ1) is 12.1. The summed E-state index contributed by atoms with van der Waals surface area (Å²) in [6.45, 7) is 4.47. The smallest absolute Gasteiger partial charge is 0.226 e. The van der Waals surface area contributed by atoms with E-state index in [0.29, 0.717) is 18.8 Å². The maximum atomic E-state index is 11.9. The highest BCUT2D eigenvalue weighted by Gasteiger charge is 2.37. The number of nitrogens with two attached hydrogens (primary N) is 1. The quantitative estimate of drug-likeness (QED) is 0.740. The van der Waals surface area contributed by atoms with Gasteiger partial charge in [-0.05, 0) is 38.6 Å². The third-order valence-corrected chi connectivity index (χ3v) is 3.89. The minimum absolute atomic E-state index is 0.0183. The molecule has 1 aliphatic rings. The van der Waals surface area contributed by atoms with Crippen LogP contribution in [0.1, 0.15) is 36.9 Å². The molecule has 0 atom stereocenters. The summed E-state index contributed by atoms with van der Waals surface area (Å²) >= 11 is 0. The van der Waals surface area contributed by atoms with E-state index in [2.05, 4.69) is 15.5 Å². The van der Waals surface area contributed by atoms with Crippen molar-refractivity contribution < 1.29 is 4.79 Å². The van der Waals surface area contributed by atoms with Gasteiger partial charge < -0.3 is 11.1 Å². The van der Waals surface area contributed by atoms with Crippen LogP contribution in [0.2, 0.25) is 0 Å². The van der Waals surface area contributed by atoms with E-state index < -0.39 is 0 Å². The molecule has 4 N–H and O–H groups in total. The normalized spacial score (nSPS) is 17.6. The van der Waals surface area contributed by atoms with Crippen LogP contribution in [0.3, 0.4) is 0 Å². The van der Waals surface area contributed by atoms with Gasteiger partial charge in [0.15, 0.2) is 5.82 Å². The zero-order valence-electron chi connectivity index (χ0n) is 10.5. The van der Waals surface area contributed by atoms with Gasteiger partial charge in [0.05, 0.1) is 0 Å². The number of carbonyl (C=O) groups excluding carboxylic acids is 1. The van der Waals surface area contributed by atoms with E-state index in [-0.39, 0.29) is 11.3 Å². The second-order valence-corrected chi connectivity index (χ2v) is 5.10. The molecule has 1 heterocycles. The number of hydrogen-bond acceptors (Lipinski definition) is 3. The second kappa shape index (κ2) is 4.49. The molecule has 5 nitrogen and oxygen atoms in total. The SMILES string of the molecule is Cc1[nH]nc(NC(=O)CC2(CN)CCC2)c1C. The molecule has 0 unspecified atom stereocenters. The molecule has 1 aromatic heterocycles. The van der Waals surface area contributed by atoms with E-state index in [1.807, 2.05) is 13.8 Å². The number of amides is 1. The van der Waals surface area contributed by atoms with Gasteiger partial charge >= 0.3 is 0 Å². The number of carbonyl (C=O) groups is 1. The minimum Gasteiger partial charge on any atom is -0.330 e. The van der Waals surface area contributed by atoms with E-state index in [9.17, 15) is 4.79 Å². The van der Waals surface area contributed by atoms with Crippen molar-refractivity contribution in [1.29, 1.82) is 0 Å². The summed E-state index contributed by atoms with van der Waals surface area (Å²) in [4.78, 5) is 11.9. The van der Waals surface area contributed by atoms with Gasteiger partial charge in [-0.2, -0.15) is 5.10 Å². The summed E-state index contributed by atoms with van der Waals surface area (Å²) in [6, 6.07) is 0. The average molecular weight is 236 g/mol. The lowest BCUT2D eigenvalue weighted by molar-refractivity contribution is -0.119. The van der Waals surface area contributed by atoms with Crippen LogP contribution in [-0.4, -0.2) is 22.6 Å². The predicted molar refractivity (Wildman–Crippen MR) is 66.6 cm³/mol. The fourth-order valence-corrected chi connectivity index (χ4v) is 2.25. The number of hydrogen-bond donors (Lipinski definition) is 3. The standard InChI is InChI=1S/C12H20N4O/c1-8-9(2)15-16-11(8)14-10(17)6-12(7-13)4-3-5-12/h3-7,13H2,1-2H3,(H2,14,15,16,17). The monoisotopic (exact) mass is 236 g/mol. The molecule has 0 aliphatic heterocycles. The molecule has 0 saturated heterocycles. The predicted octanol–water partition coefficient (Wildman–Crippen LogP) is 1.48. The van der Waals surface area contributed by atoms with E-state index in [1.165, 1.54) is 6.42 Å². The van der Waals surface area contributed by atoms with Crippen molar-refractivity contribution in [3.63, 3.8) is 0 Å². The molecule has 0 spiro atoms. The fourth-order valence-electron chi connectivity index (χ4n) is 2.25. The number of nitrogens with one attached hydrogen (secondary N) is 2. The molecule has 1 fully saturated rings. The van der Waals surface area contributed by atoms with Gasteiger partial charge in [-0.3, -0.25) is 9.89 Å². The zero-order valence-corrected chi connectivity index (χ0v) is 10.5. The fraction of sp³-hybridized carbons (Fsp3) is 0.667. The Balaban J connectivity index is 1.95. The highest BCUT2D eigenvalue weighted by atomic mass is 16.1. The van der Waals surface area contributed by atoms with Crippen molar-refractivity contribution in [2.24, 2.45) is 11.1 Å². The summed E-state index contributed by atoms with van der Waals surface area (Å²) in [6.07, 6.45) is 3.82. The van der Waals surface area contributed by atoms with Gasteiger partial charge in [-0.25, -0.2) is 0 Å². The average Bonchev–Trinajstić information content (AvgIpc) is 2.55. The van der Waals surface area contributed by atoms with Crippen LogP contribution in [0.4, 0.5) is 5.82 Å². The summed E-state index contributed by atoms with van der Waals surface area (Å²) in [7, 11) is 0. The first-order chi connectivity index (χ1) is 8.06. The van der Waals surface area contributed by atoms with E-state index in [1.54, 1.807) is 0 Å². The van der Waals surface area contributed by atoms with Crippen LogP contribution in [0.25, 0.3) is 0 Å². The number of anilines is 1. The highest BCUT2D eigenvalue weighted by molar-refractivity contribution is 5.91. The van der Waals surface area contributed by atoms with E-state index in [0.717, 1.165) is 24.1 Å². The number of aromatic amines is 1. The maximum absolute atomic E-state index is 11.9. The molecule has 2 rings (SSSR count). The van der Waals surface area contributed by atoms with Crippen molar-refractivity contribution in [3.8, 4) is 0 Å². The molecule has 1 aliphatic carbocycles. The van der Waals surface area contributed by atoms with Crippen LogP contribution in [-0.2, 0) is 4.79 Å². The lowest BCUT2D eigenvalue weighted by Crippen LogP contribution is -2.40. The number of rotatable bonds is 4. The summed E-state index contributed by atoms with van der Waals surface area (Å²) in [5, 5.41) is 9.78. The van der Waals surface area contributed by atoms with Crippen LogP contribution in [0.5, 0.6) is 0 Å². The molecule has 17 heavy (non-hydrogen) atoms. The Hall–Kier alpha value is -1.36. The second-order valence-electron chi connectivity index (χ2n) is 5.10. The minimum atomic E-state index is 0.0183. The topological polar surface area (TPSA) is 83.8 Å². The van der Waals surface area contributed by atoms with Crippen molar-refractivity contribution in [2.75, 3.05) is 11.9 Å². The van der Waals surface area contributed by atoms with Crippen molar-refractivity contribution >= 4 is 11.7 Å². The summed E-state index contributed by atoms with van der Waals surface area (Å²) in [5.41, 5.74) is 7.77. The van der Waals surface area contributed by atoms with Crippen molar-refractivity contribution in [1.82, 2.24) is 10.2 Å². The Morgan fingerprint density at radius 2 is 2.24 bits per heavy atom. The highest BCUT2D eigenvalue weighted by Crippen LogP contribution is 2.43. The van der Waals surface area contributed by atoms with Crippen molar-refractivity contribution in [3.05, 3.63) is 11.3 Å². The van der Waals surface area contributed by atoms with Gasteiger partial charge in [-0.15, -0.1) is 0 Å². The lowest BCUT2D eigenvalue weighted by Gasteiger charge is -2.40. The van der Waals surface area contributed by atoms with Gasteiger partial charge in [0.2, 0.25) is 5.91 Å². The molecule has 5 heteroatoms. The Morgan fingerprint density at radius 3 is 2.65 bits per heavy atom. The Morgan fingerprint density at radius 1 is 1.53 bits per heavy atom.